The van der Waals surface area contributed by atoms with Gasteiger partial charge in [0.2, 0.25) is 5.12 Å². The minimum atomic E-state index is -3.92. The number of carbonyl (C=O) groups excluding carboxylic acids is 3. The number of thioether (sulfide) groups is 1. The van der Waals surface area contributed by atoms with Gasteiger partial charge in [0, 0.05) is 23.9 Å². The van der Waals surface area contributed by atoms with Crippen molar-refractivity contribution in [3.63, 3.8) is 0 Å². The van der Waals surface area contributed by atoms with Crippen molar-refractivity contribution >= 4 is 44.4 Å². The summed E-state index contributed by atoms with van der Waals surface area (Å²) in [4.78, 5) is 36.8. The van der Waals surface area contributed by atoms with Gasteiger partial charge in [-0.3, -0.25) is 23.8 Å². The average molecular weight is 655 g/mol. The second-order valence-electron chi connectivity index (χ2n) is 10.1. The number of amides is 2. The molecule has 2 amide bonds. The van der Waals surface area contributed by atoms with E-state index in [-0.39, 0.29) is 41.3 Å². The molecule has 45 heavy (non-hydrogen) atoms. The Balaban J connectivity index is 1.19. The smallest absolute Gasteiger partial charge is 0.261 e. The molecule has 0 bridgehead atoms. The third kappa shape index (κ3) is 9.12. The molecule has 0 unspecified atom stereocenters. The highest BCUT2D eigenvalue weighted by atomic mass is 32.2. The number of nitrogens with one attached hydrogen (secondary N) is 3. The standard InChI is InChI=1S/C30H31FN6O6S2/c1-4-20(2)16-30(3)26(15-28(39)44-30)43-19-27(38)32-13-14-37-18-24(34-36-37)17-33-29(40)21-5-9-23(10-6-21)35-45(41,42)25-11-7-22(31)8-12-25/h4-12,15-16,18,35H,1,13-14,17,19H2,2-3H3,(H,32,38)(H,33,40)/b20-16+/t30-/m1/s1. The third-order valence-electron chi connectivity index (χ3n) is 6.44. The second kappa shape index (κ2) is 14.3. The quantitative estimate of drug-likeness (QED) is 0.222. The van der Waals surface area contributed by atoms with Crippen molar-refractivity contribution in [1.82, 2.24) is 25.6 Å². The van der Waals surface area contributed by atoms with Crippen molar-refractivity contribution in [3.8, 4) is 0 Å². The Morgan fingerprint density at radius 3 is 2.53 bits per heavy atom. The highest BCUT2D eigenvalue weighted by molar-refractivity contribution is 8.15. The fourth-order valence-electron chi connectivity index (χ4n) is 4.14. The molecule has 1 aromatic heterocycles. The van der Waals surface area contributed by atoms with Crippen LogP contribution in [-0.2, 0) is 37.4 Å². The molecule has 1 aliphatic heterocycles. The number of ether oxygens (including phenoxy) is 1. The maximum atomic E-state index is 13.1. The summed E-state index contributed by atoms with van der Waals surface area (Å²) < 4.78 is 46.9. The van der Waals surface area contributed by atoms with Crippen LogP contribution in [0.1, 0.15) is 29.9 Å². The van der Waals surface area contributed by atoms with Crippen LogP contribution in [-0.4, -0.2) is 58.2 Å². The number of nitrogens with zero attached hydrogens (tertiary/aromatic N) is 3. The zero-order chi connectivity index (χ0) is 32.6. The normalized spacial score (nSPS) is 16.6. The van der Waals surface area contributed by atoms with Crippen LogP contribution in [0.5, 0.6) is 0 Å². The van der Waals surface area contributed by atoms with Gasteiger partial charge in [0.05, 0.1) is 28.9 Å². The molecule has 0 radical (unpaired) electrons. The molecule has 1 atom stereocenters. The summed E-state index contributed by atoms with van der Waals surface area (Å²) in [5, 5.41) is 13.3. The van der Waals surface area contributed by atoms with E-state index in [9.17, 15) is 27.2 Å². The molecule has 3 aromatic rings. The zero-order valence-corrected chi connectivity index (χ0v) is 26.1. The highest BCUT2D eigenvalue weighted by Crippen LogP contribution is 2.42. The first-order chi connectivity index (χ1) is 21.4. The van der Waals surface area contributed by atoms with Crippen LogP contribution in [0.25, 0.3) is 0 Å². The maximum absolute atomic E-state index is 13.1. The minimum absolute atomic E-state index is 0.0857. The van der Waals surface area contributed by atoms with Crippen LogP contribution < -0.4 is 15.4 Å². The van der Waals surface area contributed by atoms with E-state index in [0.29, 0.717) is 23.6 Å². The summed E-state index contributed by atoms with van der Waals surface area (Å²) in [6, 6.07) is 10.2. The Bertz CT molecular complexity index is 1750. The molecular formula is C30H31FN6O6S2. The van der Waals surface area contributed by atoms with Crippen molar-refractivity contribution in [1.29, 1.82) is 0 Å². The van der Waals surface area contributed by atoms with Gasteiger partial charge in [-0.05, 0) is 62.4 Å². The number of aromatic nitrogens is 3. The molecular weight excluding hydrogens is 623 g/mol. The minimum Gasteiger partial charge on any atom is -0.486 e. The lowest BCUT2D eigenvalue weighted by Crippen LogP contribution is -2.32. The Morgan fingerprint density at radius 1 is 1.13 bits per heavy atom. The summed E-state index contributed by atoms with van der Waals surface area (Å²) in [6.45, 7) is 7.82. The van der Waals surface area contributed by atoms with E-state index < -0.39 is 26.5 Å². The second-order valence-corrected chi connectivity index (χ2v) is 13.2. The van der Waals surface area contributed by atoms with E-state index >= 15 is 0 Å². The van der Waals surface area contributed by atoms with Gasteiger partial charge in [0.1, 0.15) is 17.3 Å². The molecule has 2 heterocycles. The monoisotopic (exact) mass is 654 g/mol. The van der Waals surface area contributed by atoms with E-state index in [1.54, 1.807) is 12.3 Å². The Morgan fingerprint density at radius 2 is 1.84 bits per heavy atom. The fraction of sp³-hybridized carbons (Fsp3) is 0.233. The highest BCUT2D eigenvalue weighted by Gasteiger charge is 2.38. The van der Waals surface area contributed by atoms with Gasteiger partial charge in [-0.1, -0.05) is 41.3 Å². The number of carbonyl (C=O) groups is 3. The number of anilines is 1. The van der Waals surface area contributed by atoms with Crippen LogP contribution in [0.15, 0.2) is 95.8 Å². The first-order valence-electron chi connectivity index (χ1n) is 13.6. The van der Waals surface area contributed by atoms with Crippen LogP contribution in [0.3, 0.4) is 0 Å². The predicted octanol–water partition coefficient (Wildman–Crippen LogP) is 3.33. The molecule has 15 heteroatoms. The fourth-order valence-corrected chi connectivity index (χ4v) is 6.25. The van der Waals surface area contributed by atoms with Gasteiger partial charge >= 0.3 is 0 Å². The number of halogens is 1. The summed E-state index contributed by atoms with van der Waals surface area (Å²) in [6.07, 6.45) is 6.56. The van der Waals surface area contributed by atoms with Gasteiger partial charge in [-0.15, -0.1) is 5.10 Å². The van der Waals surface area contributed by atoms with E-state index in [0.717, 1.165) is 41.6 Å². The lowest BCUT2D eigenvalue weighted by atomic mass is 10.0. The van der Waals surface area contributed by atoms with Crippen molar-refractivity contribution in [3.05, 3.63) is 108 Å². The first-order valence-corrected chi connectivity index (χ1v) is 15.9. The number of benzene rings is 2. The van der Waals surface area contributed by atoms with Gasteiger partial charge < -0.3 is 15.4 Å². The van der Waals surface area contributed by atoms with Gasteiger partial charge in [-0.25, -0.2) is 12.8 Å². The van der Waals surface area contributed by atoms with Crippen LogP contribution in [0.4, 0.5) is 10.1 Å². The molecule has 236 valence electrons. The molecule has 0 saturated heterocycles. The summed E-state index contributed by atoms with van der Waals surface area (Å²) >= 11 is 1.11. The Hall–Kier alpha value is -4.76. The van der Waals surface area contributed by atoms with Crippen molar-refractivity contribution in [2.24, 2.45) is 0 Å². The van der Waals surface area contributed by atoms with Crippen molar-refractivity contribution < 1.29 is 31.9 Å². The van der Waals surface area contributed by atoms with E-state index in [4.69, 9.17) is 4.74 Å². The molecule has 2 aromatic carbocycles. The molecule has 1 aliphatic rings. The Labute approximate surface area is 263 Å². The third-order valence-corrected chi connectivity index (χ3v) is 8.90. The molecule has 0 aliphatic carbocycles. The lowest BCUT2D eigenvalue weighted by Gasteiger charge is -2.23. The van der Waals surface area contributed by atoms with Crippen molar-refractivity contribution in [2.75, 3.05) is 17.9 Å². The molecule has 4 rings (SSSR count). The SMILES string of the molecule is C=C/C(C)=C/[C@@]1(C)SC(=O)C=C1OCC(=O)NCCn1cc(CNC(=O)c2ccc(NS(=O)(=O)c3ccc(F)cc3)cc2)nn1. The molecule has 0 spiro atoms. The van der Waals surface area contributed by atoms with Crippen LogP contribution in [0, 0.1) is 5.82 Å². The first kappa shape index (κ1) is 33.1. The topological polar surface area (TPSA) is 161 Å². The van der Waals surface area contributed by atoms with Crippen molar-refractivity contribution in [2.45, 2.75) is 36.6 Å². The molecule has 0 fully saturated rings. The number of hydrogen-bond acceptors (Lipinski definition) is 9. The van der Waals surface area contributed by atoms with E-state index in [1.807, 2.05) is 19.9 Å². The van der Waals surface area contributed by atoms with Gasteiger partial charge in [0.15, 0.2) is 6.61 Å². The lowest BCUT2D eigenvalue weighted by molar-refractivity contribution is -0.124. The van der Waals surface area contributed by atoms with Crippen LogP contribution >= 0.6 is 11.8 Å². The summed E-state index contributed by atoms with van der Waals surface area (Å²) in [7, 11) is -3.92. The summed E-state index contributed by atoms with van der Waals surface area (Å²) in [5.74, 6) is -0.923. The predicted molar refractivity (Wildman–Crippen MR) is 167 cm³/mol. The maximum Gasteiger partial charge on any atom is 0.261 e. The summed E-state index contributed by atoms with van der Waals surface area (Å²) in [5.41, 5.74) is 1.89. The Kier molecular flexibility index (Phi) is 10.6. The largest absolute Gasteiger partial charge is 0.486 e. The molecule has 12 nitrogen and oxygen atoms in total. The van der Waals surface area contributed by atoms with Gasteiger partial charge in [0.25, 0.3) is 21.8 Å². The number of rotatable bonds is 14. The zero-order valence-electron chi connectivity index (χ0n) is 24.4. The number of allylic oxidation sites excluding steroid dienone is 2. The number of sulfonamides is 1. The van der Waals surface area contributed by atoms with Gasteiger partial charge in [-0.2, -0.15) is 0 Å². The van der Waals surface area contributed by atoms with E-state index in [1.165, 1.54) is 35.0 Å². The molecule has 0 saturated carbocycles. The average Bonchev–Trinajstić information content (AvgIpc) is 3.57. The van der Waals surface area contributed by atoms with Crippen LogP contribution in [0.2, 0.25) is 0 Å². The molecule has 3 N–H and O–H groups in total. The van der Waals surface area contributed by atoms with E-state index in [2.05, 4.69) is 32.2 Å². The number of hydrogen-bond donors (Lipinski definition) is 3.